The summed E-state index contributed by atoms with van der Waals surface area (Å²) in [6.45, 7) is 1.53. The number of methoxy groups -OCH3 is 1. The van der Waals surface area contributed by atoms with E-state index in [1.165, 1.54) is 20.1 Å². The topological polar surface area (TPSA) is 55.4 Å². The lowest BCUT2D eigenvalue weighted by molar-refractivity contribution is -0.142. The minimum absolute atomic E-state index is 0.323. The van der Waals surface area contributed by atoms with Gasteiger partial charge in [-0.3, -0.25) is 4.79 Å². The molecule has 0 aliphatic rings. The van der Waals surface area contributed by atoms with Crippen molar-refractivity contribution in [2.24, 2.45) is 0 Å². The molecule has 1 unspecified atom stereocenters. The standard InChI is InChI=1S/C11H10Cl2INO3/c1-5(11(17)18-2)15-10(16)7-3-6(12)4-8(13)9(7)14/h3-5H,1-2H3,(H,15,16). The van der Waals surface area contributed by atoms with Crippen molar-refractivity contribution in [1.82, 2.24) is 5.32 Å². The third-order valence-corrected chi connectivity index (χ3v) is 4.14. The Labute approximate surface area is 128 Å². The van der Waals surface area contributed by atoms with Crippen molar-refractivity contribution >= 4 is 57.7 Å². The van der Waals surface area contributed by atoms with Crippen molar-refractivity contribution in [3.8, 4) is 0 Å². The molecule has 0 bridgehead atoms. The zero-order valence-electron chi connectivity index (χ0n) is 9.59. The van der Waals surface area contributed by atoms with Crippen LogP contribution < -0.4 is 5.32 Å². The second kappa shape index (κ2) is 6.58. The molecule has 1 rings (SSSR count). The van der Waals surface area contributed by atoms with E-state index in [4.69, 9.17) is 23.2 Å². The number of halogens is 3. The van der Waals surface area contributed by atoms with Crippen LogP contribution in [0.15, 0.2) is 12.1 Å². The highest BCUT2D eigenvalue weighted by atomic mass is 127. The highest BCUT2D eigenvalue weighted by Gasteiger charge is 2.19. The van der Waals surface area contributed by atoms with Crippen LogP contribution in [0.1, 0.15) is 17.3 Å². The van der Waals surface area contributed by atoms with Crippen molar-refractivity contribution in [3.05, 3.63) is 31.3 Å². The van der Waals surface area contributed by atoms with E-state index in [1.54, 1.807) is 6.07 Å². The summed E-state index contributed by atoms with van der Waals surface area (Å²) in [7, 11) is 1.25. The maximum atomic E-state index is 12.0. The van der Waals surface area contributed by atoms with Gasteiger partial charge in [0, 0.05) is 8.59 Å². The Morgan fingerprint density at radius 1 is 1.39 bits per heavy atom. The zero-order valence-corrected chi connectivity index (χ0v) is 13.3. The maximum absolute atomic E-state index is 12.0. The molecule has 18 heavy (non-hydrogen) atoms. The number of hydrogen-bond donors (Lipinski definition) is 1. The number of nitrogens with one attached hydrogen (secondary N) is 1. The fourth-order valence-corrected chi connectivity index (χ4v) is 2.28. The van der Waals surface area contributed by atoms with Crippen molar-refractivity contribution in [3.63, 3.8) is 0 Å². The van der Waals surface area contributed by atoms with Crippen LogP contribution in [-0.2, 0) is 9.53 Å². The van der Waals surface area contributed by atoms with Crippen molar-refractivity contribution in [1.29, 1.82) is 0 Å². The number of amides is 1. The predicted molar refractivity (Wildman–Crippen MR) is 78.1 cm³/mol. The molecule has 1 atom stereocenters. The van der Waals surface area contributed by atoms with E-state index < -0.39 is 17.9 Å². The van der Waals surface area contributed by atoms with Crippen LogP contribution in [-0.4, -0.2) is 25.0 Å². The SMILES string of the molecule is COC(=O)C(C)NC(=O)c1cc(Cl)cc(Cl)c1I. The molecule has 0 fully saturated rings. The van der Waals surface area contributed by atoms with Crippen molar-refractivity contribution < 1.29 is 14.3 Å². The Kier molecular flexibility index (Phi) is 5.68. The van der Waals surface area contributed by atoms with Crippen LogP contribution in [0.3, 0.4) is 0 Å². The van der Waals surface area contributed by atoms with Crippen LogP contribution in [0.4, 0.5) is 0 Å². The van der Waals surface area contributed by atoms with E-state index in [0.29, 0.717) is 19.2 Å². The normalized spacial score (nSPS) is 11.8. The summed E-state index contributed by atoms with van der Waals surface area (Å²) in [5.41, 5.74) is 0.323. The van der Waals surface area contributed by atoms with Gasteiger partial charge in [0.05, 0.1) is 17.7 Å². The van der Waals surface area contributed by atoms with Gasteiger partial charge in [-0.05, 0) is 41.6 Å². The van der Waals surface area contributed by atoms with Gasteiger partial charge >= 0.3 is 5.97 Å². The molecule has 0 saturated heterocycles. The molecule has 1 aromatic rings. The molecule has 7 heteroatoms. The Bertz CT molecular complexity index is 493. The van der Waals surface area contributed by atoms with Gasteiger partial charge in [-0.2, -0.15) is 0 Å². The van der Waals surface area contributed by atoms with Crippen LogP contribution >= 0.6 is 45.8 Å². The van der Waals surface area contributed by atoms with Crippen molar-refractivity contribution in [2.75, 3.05) is 7.11 Å². The van der Waals surface area contributed by atoms with Gasteiger partial charge in [0.1, 0.15) is 6.04 Å². The molecule has 0 heterocycles. The van der Waals surface area contributed by atoms with Gasteiger partial charge < -0.3 is 10.1 Å². The summed E-state index contributed by atoms with van der Waals surface area (Å²) in [5, 5.41) is 3.25. The molecule has 1 amide bonds. The van der Waals surface area contributed by atoms with Gasteiger partial charge in [0.25, 0.3) is 5.91 Å². The first-order chi connectivity index (χ1) is 8.36. The lowest BCUT2D eigenvalue weighted by Gasteiger charge is -2.13. The number of rotatable bonds is 3. The molecular formula is C11H10Cl2INO3. The van der Waals surface area contributed by atoms with Gasteiger partial charge in [-0.25, -0.2) is 4.79 Å². The Hall–Kier alpha value is -0.530. The Morgan fingerprint density at radius 3 is 2.56 bits per heavy atom. The van der Waals surface area contributed by atoms with E-state index >= 15 is 0 Å². The molecule has 0 saturated carbocycles. The molecule has 0 spiro atoms. The quantitative estimate of drug-likeness (QED) is 0.481. The molecule has 1 N–H and O–H groups in total. The van der Waals surface area contributed by atoms with E-state index in [2.05, 4.69) is 10.1 Å². The first-order valence-corrected chi connectivity index (χ1v) is 6.73. The average Bonchev–Trinajstić information content (AvgIpc) is 2.32. The number of carbonyl (C=O) groups is 2. The first-order valence-electron chi connectivity index (χ1n) is 4.90. The summed E-state index contributed by atoms with van der Waals surface area (Å²) in [4.78, 5) is 23.2. The largest absolute Gasteiger partial charge is 0.467 e. The fraction of sp³-hybridized carbons (Fsp3) is 0.273. The minimum Gasteiger partial charge on any atom is -0.467 e. The molecule has 0 aromatic heterocycles. The van der Waals surface area contributed by atoms with Crippen LogP contribution in [0, 0.1) is 3.57 Å². The first kappa shape index (κ1) is 15.5. The maximum Gasteiger partial charge on any atom is 0.328 e. The monoisotopic (exact) mass is 401 g/mol. The second-order valence-electron chi connectivity index (χ2n) is 3.47. The van der Waals surface area contributed by atoms with E-state index in [0.717, 1.165) is 0 Å². The van der Waals surface area contributed by atoms with E-state index in [9.17, 15) is 9.59 Å². The van der Waals surface area contributed by atoms with Crippen LogP contribution in [0.25, 0.3) is 0 Å². The molecule has 1 aromatic carbocycles. The van der Waals surface area contributed by atoms with Gasteiger partial charge in [0.15, 0.2) is 0 Å². The highest BCUT2D eigenvalue weighted by Crippen LogP contribution is 2.26. The van der Waals surface area contributed by atoms with Gasteiger partial charge in [0.2, 0.25) is 0 Å². The Balaban J connectivity index is 2.95. The second-order valence-corrected chi connectivity index (χ2v) is 5.39. The van der Waals surface area contributed by atoms with Gasteiger partial charge in [-0.15, -0.1) is 0 Å². The number of benzene rings is 1. The van der Waals surface area contributed by atoms with Gasteiger partial charge in [-0.1, -0.05) is 23.2 Å². The number of ether oxygens (including phenoxy) is 1. The molecular weight excluding hydrogens is 392 g/mol. The molecule has 0 radical (unpaired) electrons. The lowest BCUT2D eigenvalue weighted by atomic mass is 10.2. The third-order valence-electron chi connectivity index (χ3n) is 2.14. The van der Waals surface area contributed by atoms with Crippen LogP contribution in [0.5, 0.6) is 0 Å². The Morgan fingerprint density at radius 2 is 2.00 bits per heavy atom. The molecule has 0 aliphatic carbocycles. The number of carbonyl (C=O) groups excluding carboxylic acids is 2. The summed E-state index contributed by atoms with van der Waals surface area (Å²) in [5.74, 6) is -0.951. The smallest absolute Gasteiger partial charge is 0.328 e. The minimum atomic E-state index is -0.740. The zero-order chi connectivity index (χ0) is 13.9. The summed E-state index contributed by atoms with van der Waals surface area (Å²) >= 11 is 13.7. The third kappa shape index (κ3) is 3.73. The molecule has 4 nitrogen and oxygen atoms in total. The van der Waals surface area contributed by atoms with Crippen LogP contribution in [0.2, 0.25) is 10.0 Å². The summed E-state index contributed by atoms with van der Waals surface area (Å²) in [6.07, 6.45) is 0. The number of esters is 1. The highest BCUT2D eigenvalue weighted by molar-refractivity contribution is 14.1. The predicted octanol–water partition coefficient (Wildman–Crippen LogP) is 2.89. The number of hydrogen-bond acceptors (Lipinski definition) is 3. The van der Waals surface area contributed by atoms with E-state index in [-0.39, 0.29) is 0 Å². The average molecular weight is 402 g/mol. The lowest BCUT2D eigenvalue weighted by Crippen LogP contribution is -2.39. The molecule has 98 valence electrons. The van der Waals surface area contributed by atoms with E-state index in [1.807, 2.05) is 22.6 Å². The fourth-order valence-electron chi connectivity index (χ4n) is 1.23. The summed E-state index contributed by atoms with van der Waals surface area (Å²) in [6, 6.07) is 2.30. The van der Waals surface area contributed by atoms with Crippen molar-refractivity contribution in [2.45, 2.75) is 13.0 Å². The molecule has 0 aliphatic heterocycles. The summed E-state index contributed by atoms with van der Waals surface area (Å²) < 4.78 is 5.10.